The van der Waals surface area contributed by atoms with E-state index in [2.05, 4.69) is 23.3 Å². The third kappa shape index (κ3) is 1.96. The van der Waals surface area contributed by atoms with Crippen LogP contribution in [-0.2, 0) is 12.8 Å². The summed E-state index contributed by atoms with van der Waals surface area (Å²) in [6, 6.07) is 4.30. The van der Waals surface area contributed by atoms with Gasteiger partial charge in [0.15, 0.2) is 0 Å². The zero-order valence-electron chi connectivity index (χ0n) is 10.9. The summed E-state index contributed by atoms with van der Waals surface area (Å²) in [7, 11) is 0. The number of anilines is 1. The number of hydrogen-bond acceptors (Lipinski definition) is 3. The molecule has 0 spiro atoms. The van der Waals surface area contributed by atoms with Crippen molar-refractivity contribution in [1.82, 2.24) is 4.98 Å². The van der Waals surface area contributed by atoms with E-state index in [1.54, 1.807) is 0 Å². The molecule has 0 amide bonds. The van der Waals surface area contributed by atoms with Gasteiger partial charge in [-0.1, -0.05) is 13.3 Å². The molecule has 2 aliphatic rings. The van der Waals surface area contributed by atoms with Gasteiger partial charge in [0.2, 0.25) is 0 Å². The molecule has 0 atom stereocenters. The lowest BCUT2D eigenvalue weighted by molar-refractivity contribution is 0.180. The van der Waals surface area contributed by atoms with Crippen LogP contribution >= 0.6 is 0 Å². The molecule has 0 aliphatic heterocycles. The summed E-state index contributed by atoms with van der Waals surface area (Å²) >= 11 is 0. The Balaban J connectivity index is 1.80. The highest BCUT2D eigenvalue weighted by atomic mass is 15.0. The fourth-order valence-electron chi connectivity index (χ4n) is 2.95. The maximum absolute atomic E-state index is 9.22. The zero-order chi connectivity index (χ0) is 12.6. The Bertz CT molecular complexity index is 509. The highest BCUT2D eigenvalue weighted by Gasteiger charge is 2.31. The van der Waals surface area contributed by atoms with Crippen molar-refractivity contribution in [2.24, 2.45) is 5.41 Å². The molecule has 0 saturated heterocycles. The summed E-state index contributed by atoms with van der Waals surface area (Å²) in [5.41, 5.74) is 3.58. The summed E-state index contributed by atoms with van der Waals surface area (Å²) in [6.45, 7) is 3.25. The third-order valence-corrected chi connectivity index (χ3v) is 4.41. The van der Waals surface area contributed by atoms with Crippen LogP contribution < -0.4 is 5.32 Å². The lowest BCUT2D eigenvalue weighted by Crippen LogP contribution is -2.33. The molecule has 3 heteroatoms. The first-order valence-corrected chi connectivity index (χ1v) is 6.87. The number of nitriles is 1. The van der Waals surface area contributed by atoms with E-state index in [9.17, 15) is 5.26 Å². The second kappa shape index (κ2) is 4.28. The SMILES string of the molecule is CC1(CNc2nc3c(cc2C#N)CCC3)CCC1. The molecule has 1 aromatic rings. The molecule has 1 saturated carbocycles. The third-order valence-electron chi connectivity index (χ3n) is 4.41. The molecule has 94 valence electrons. The molecule has 18 heavy (non-hydrogen) atoms. The average Bonchev–Trinajstić information content (AvgIpc) is 2.79. The minimum absolute atomic E-state index is 0.410. The van der Waals surface area contributed by atoms with Crippen molar-refractivity contribution in [1.29, 1.82) is 5.26 Å². The first-order valence-electron chi connectivity index (χ1n) is 6.87. The van der Waals surface area contributed by atoms with Crippen LogP contribution in [-0.4, -0.2) is 11.5 Å². The first-order chi connectivity index (χ1) is 8.70. The Morgan fingerprint density at radius 2 is 2.22 bits per heavy atom. The van der Waals surface area contributed by atoms with Crippen LogP contribution in [0.1, 0.15) is 49.4 Å². The molecule has 0 radical (unpaired) electrons. The summed E-state index contributed by atoms with van der Waals surface area (Å²) < 4.78 is 0. The van der Waals surface area contributed by atoms with Crippen LogP contribution in [0, 0.1) is 16.7 Å². The van der Waals surface area contributed by atoms with Gasteiger partial charge in [0, 0.05) is 12.2 Å². The average molecular weight is 241 g/mol. The van der Waals surface area contributed by atoms with Crippen molar-refractivity contribution in [3.05, 3.63) is 22.9 Å². The maximum atomic E-state index is 9.22. The van der Waals surface area contributed by atoms with Gasteiger partial charge in [0.1, 0.15) is 11.9 Å². The second-order valence-corrected chi connectivity index (χ2v) is 5.97. The van der Waals surface area contributed by atoms with Crippen LogP contribution in [0.5, 0.6) is 0 Å². The van der Waals surface area contributed by atoms with E-state index in [1.165, 1.54) is 36.9 Å². The number of pyridine rings is 1. The van der Waals surface area contributed by atoms with Gasteiger partial charge < -0.3 is 5.32 Å². The van der Waals surface area contributed by atoms with Crippen molar-refractivity contribution in [3.63, 3.8) is 0 Å². The quantitative estimate of drug-likeness (QED) is 0.884. The van der Waals surface area contributed by atoms with Crippen molar-refractivity contribution >= 4 is 5.82 Å². The summed E-state index contributed by atoms with van der Waals surface area (Å²) in [6.07, 6.45) is 7.22. The number of rotatable bonds is 3. The largest absolute Gasteiger partial charge is 0.368 e. The van der Waals surface area contributed by atoms with E-state index in [-0.39, 0.29) is 0 Å². The molecule has 0 unspecified atom stereocenters. The molecule has 3 nitrogen and oxygen atoms in total. The Morgan fingerprint density at radius 3 is 2.89 bits per heavy atom. The van der Waals surface area contributed by atoms with Gasteiger partial charge in [-0.25, -0.2) is 4.98 Å². The molecular weight excluding hydrogens is 222 g/mol. The standard InChI is InChI=1S/C15H19N3/c1-15(6-3-7-15)10-17-14-12(9-16)8-11-4-2-5-13(11)18-14/h8H,2-7,10H2,1H3,(H,17,18). The number of aromatic nitrogens is 1. The monoisotopic (exact) mass is 241 g/mol. The highest BCUT2D eigenvalue weighted by Crippen LogP contribution is 2.40. The van der Waals surface area contributed by atoms with Crippen LogP contribution in [0.25, 0.3) is 0 Å². The zero-order valence-corrected chi connectivity index (χ0v) is 10.9. The molecular formula is C15H19N3. The maximum Gasteiger partial charge on any atom is 0.144 e. The van der Waals surface area contributed by atoms with Gasteiger partial charge in [-0.2, -0.15) is 5.26 Å². The minimum Gasteiger partial charge on any atom is -0.368 e. The van der Waals surface area contributed by atoms with Gasteiger partial charge in [-0.05, 0) is 49.1 Å². The van der Waals surface area contributed by atoms with Gasteiger partial charge >= 0.3 is 0 Å². The van der Waals surface area contributed by atoms with E-state index in [4.69, 9.17) is 0 Å². The molecule has 3 rings (SSSR count). The summed E-state index contributed by atoms with van der Waals surface area (Å²) in [4.78, 5) is 4.65. The van der Waals surface area contributed by atoms with E-state index in [0.29, 0.717) is 11.0 Å². The van der Waals surface area contributed by atoms with E-state index < -0.39 is 0 Å². The number of hydrogen-bond donors (Lipinski definition) is 1. The fraction of sp³-hybridized carbons (Fsp3) is 0.600. The summed E-state index contributed by atoms with van der Waals surface area (Å²) in [5.74, 6) is 0.797. The molecule has 1 fully saturated rings. The number of aryl methyl sites for hydroxylation is 2. The number of nitrogens with zero attached hydrogens (tertiary/aromatic N) is 2. The normalized spacial score (nSPS) is 19.8. The van der Waals surface area contributed by atoms with E-state index in [0.717, 1.165) is 25.2 Å². The Labute approximate surface area is 108 Å². The topological polar surface area (TPSA) is 48.7 Å². The first kappa shape index (κ1) is 11.5. The molecule has 2 aliphatic carbocycles. The summed E-state index contributed by atoms with van der Waals surface area (Å²) in [5, 5.41) is 12.6. The van der Waals surface area contributed by atoms with Crippen LogP contribution in [0.4, 0.5) is 5.82 Å². The van der Waals surface area contributed by atoms with Crippen molar-refractivity contribution < 1.29 is 0 Å². The molecule has 0 bridgehead atoms. The van der Waals surface area contributed by atoms with Crippen molar-refractivity contribution in [2.75, 3.05) is 11.9 Å². The fourth-order valence-corrected chi connectivity index (χ4v) is 2.95. The van der Waals surface area contributed by atoms with Gasteiger partial charge in [-0.3, -0.25) is 0 Å². The number of nitrogens with one attached hydrogen (secondary N) is 1. The minimum atomic E-state index is 0.410. The van der Waals surface area contributed by atoms with E-state index in [1.807, 2.05) is 6.07 Å². The molecule has 1 N–H and O–H groups in total. The highest BCUT2D eigenvalue weighted by molar-refractivity contribution is 5.55. The lowest BCUT2D eigenvalue weighted by atomic mass is 9.70. The van der Waals surface area contributed by atoms with E-state index >= 15 is 0 Å². The Morgan fingerprint density at radius 1 is 1.39 bits per heavy atom. The van der Waals surface area contributed by atoms with Crippen molar-refractivity contribution in [3.8, 4) is 6.07 Å². The Hall–Kier alpha value is -1.56. The predicted octanol–water partition coefficient (Wildman–Crippen LogP) is 3.04. The van der Waals surface area contributed by atoms with Gasteiger partial charge in [0.05, 0.1) is 5.56 Å². The molecule has 1 heterocycles. The van der Waals surface area contributed by atoms with Gasteiger partial charge in [-0.15, -0.1) is 0 Å². The van der Waals surface area contributed by atoms with Crippen LogP contribution in [0.15, 0.2) is 6.07 Å². The smallest absolute Gasteiger partial charge is 0.144 e. The van der Waals surface area contributed by atoms with Crippen LogP contribution in [0.3, 0.4) is 0 Å². The lowest BCUT2D eigenvalue weighted by Gasteiger charge is -2.38. The van der Waals surface area contributed by atoms with Crippen LogP contribution in [0.2, 0.25) is 0 Å². The second-order valence-electron chi connectivity index (χ2n) is 5.97. The predicted molar refractivity (Wildman–Crippen MR) is 71.4 cm³/mol. The number of fused-ring (bicyclic) bond motifs is 1. The molecule has 1 aromatic heterocycles. The Kier molecular flexibility index (Phi) is 2.74. The molecule has 0 aromatic carbocycles. The van der Waals surface area contributed by atoms with Gasteiger partial charge in [0.25, 0.3) is 0 Å². The van der Waals surface area contributed by atoms with Crippen molar-refractivity contribution in [2.45, 2.75) is 45.4 Å².